The molecule has 9 aromatic carbocycles. The van der Waals surface area contributed by atoms with E-state index < -0.39 is 0 Å². The molecule has 0 spiro atoms. The van der Waals surface area contributed by atoms with Gasteiger partial charge in [0.2, 0.25) is 0 Å². The number of nitrogens with one attached hydrogen (secondary N) is 1. The molecule has 2 heterocycles. The SMILES string of the molecule is COc1ccc2c(c1)Oc1cc(OC)ccc1N2c1cccc2c(=O)c3cc4c(=O)c5c(-c6ccc7c(c6)[nH]c6ccccc67)cccc5ccc4cc3ccc12. The van der Waals surface area contributed by atoms with Crippen molar-refractivity contribution >= 4 is 82.0 Å². The van der Waals surface area contributed by atoms with E-state index in [1.165, 1.54) is 0 Å². The van der Waals surface area contributed by atoms with Crippen molar-refractivity contribution in [2.45, 2.75) is 0 Å². The number of methoxy groups -OCH3 is 2. The molecule has 0 amide bonds. The second-order valence-corrected chi connectivity index (χ2v) is 14.4. The maximum atomic E-state index is 14.8. The van der Waals surface area contributed by atoms with Crippen LogP contribution in [-0.2, 0) is 0 Å². The average molecular weight is 741 g/mol. The summed E-state index contributed by atoms with van der Waals surface area (Å²) in [5.74, 6) is 2.53. The lowest BCUT2D eigenvalue weighted by molar-refractivity contribution is 0.403. The molecular formula is C50H32N2O5. The number of aromatic nitrogens is 1. The third-order valence-electron chi connectivity index (χ3n) is 11.3. The van der Waals surface area contributed by atoms with E-state index in [-0.39, 0.29) is 10.9 Å². The van der Waals surface area contributed by atoms with Crippen molar-refractivity contribution in [3.05, 3.63) is 172 Å². The molecule has 1 aliphatic heterocycles. The quantitative estimate of drug-likeness (QED) is 0.193. The number of para-hydroxylation sites is 1. The number of aromatic amines is 1. The molecule has 7 heteroatoms. The minimum Gasteiger partial charge on any atom is -0.497 e. The van der Waals surface area contributed by atoms with Crippen molar-refractivity contribution in [1.29, 1.82) is 0 Å². The van der Waals surface area contributed by atoms with Crippen LogP contribution in [0, 0.1) is 0 Å². The summed E-state index contributed by atoms with van der Waals surface area (Å²) in [6.07, 6.45) is 0. The first-order valence-corrected chi connectivity index (χ1v) is 18.7. The third kappa shape index (κ3) is 4.99. The molecule has 0 bridgehead atoms. The number of hydrogen-bond donors (Lipinski definition) is 1. The van der Waals surface area contributed by atoms with Crippen LogP contribution in [0.2, 0.25) is 0 Å². The summed E-state index contributed by atoms with van der Waals surface area (Å²) >= 11 is 0. The predicted molar refractivity (Wildman–Crippen MR) is 232 cm³/mol. The first kappa shape index (κ1) is 32.8. The Bertz CT molecular complexity index is 3430. The summed E-state index contributed by atoms with van der Waals surface area (Å²) in [6.45, 7) is 0. The van der Waals surface area contributed by atoms with Crippen molar-refractivity contribution in [3.63, 3.8) is 0 Å². The largest absolute Gasteiger partial charge is 0.497 e. The van der Waals surface area contributed by atoms with E-state index in [9.17, 15) is 9.59 Å². The standard InChI is InChI=1S/C50H32N2O5/c1-55-32-17-21-44-46(25-32)57-47-26-33(56-2)18-22-45(47)52(44)43-12-6-10-38-37(43)20-16-30-23-29-14-13-28-7-5-9-34(48(28)50(54)40(29)27-39(30)49(38)53)31-15-19-36-35-8-3-4-11-41(35)51-42(36)24-31/h3-27,51H,1-2H3. The van der Waals surface area contributed by atoms with Crippen LogP contribution in [0.4, 0.5) is 17.1 Å². The van der Waals surface area contributed by atoms with Gasteiger partial charge < -0.3 is 24.1 Å². The molecule has 57 heavy (non-hydrogen) atoms. The minimum atomic E-state index is -0.161. The molecule has 10 aromatic rings. The highest BCUT2D eigenvalue weighted by atomic mass is 16.5. The smallest absolute Gasteiger partial charge is 0.194 e. The lowest BCUT2D eigenvalue weighted by atomic mass is 9.97. The summed E-state index contributed by atoms with van der Waals surface area (Å²) in [4.78, 5) is 35.3. The Balaban J connectivity index is 1.13. The van der Waals surface area contributed by atoms with Gasteiger partial charge in [0.15, 0.2) is 22.4 Å². The summed E-state index contributed by atoms with van der Waals surface area (Å²) in [7, 11) is 3.24. The molecule has 0 fully saturated rings. The van der Waals surface area contributed by atoms with Gasteiger partial charge in [-0.1, -0.05) is 84.9 Å². The first-order valence-electron chi connectivity index (χ1n) is 18.7. The van der Waals surface area contributed by atoms with Gasteiger partial charge in [-0.25, -0.2) is 0 Å². The molecule has 1 aliphatic rings. The van der Waals surface area contributed by atoms with Crippen molar-refractivity contribution in [1.82, 2.24) is 4.98 Å². The maximum Gasteiger partial charge on any atom is 0.194 e. The van der Waals surface area contributed by atoms with E-state index in [0.29, 0.717) is 44.5 Å². The van der Waals surface area contributed by atoms with Crippen molar-refractivity contribution < 1.29 is 14.2 Å². The molecule has 11 rings (SSSR count). The Hall–Kier alpha value is -7.64. The first-order chi connectivity index (χ1) is 28.0. The molecular weight excluding hydrogens is 709 g/mol. The monoisotopic (exact) mass is 740 g/mol. The zero-order valence-electron chi connectivity index (χ0n) is 30.9. The molecule has 7 nitrogen and oxygen atoms in total. The fourth-order valence-electron chi connectivity index (χ4n) is 8.57. The summed E-state index contributed by atoms with van der Waals surface area (Å²) in [6, 6.07) is 49.4. The van der Waals surface area contributed by atoms with Crippen molar-refractivity contribution in [3.8, 4) is 34.1 Å². The Morgan fingerprint density at radius 1 is 0.474 bits per heavy atom. The van der Waals surface area contributed by atoms with Crippen molar-refractivity contribution in [2.75, 3.05) is 19.1 Å². The van der Waals surface area contributed by atoms with Gasteiger partial charge in [-0.3, -0.25) is 9.59 Å². The fraction of sp³-hybridized carbons (Fsp3) is 0.0400. The lowest BCUT2D eigenvalue weighted by Gasteiger charge is -2.33. The fourth-order valence-corrected chi connectivity index (χ4v) is 8.57. The Morgan fingerprint density at radius 3 is 1.89 bits per heavy atom. The lowest BCUT2D eigenvalue weighted by Crippen LogP contribution is -2.16. The van der Waals surface area contributed by atoms with Gasteiger partial charge in [-0.05, 0) is 81.9 Å². The van der Waals surface area contributed by atoms with Gasteiger partial charge >= 0.3 is 0 Å². The Morgan fingerprint density at radius 2 is 1.12 bits per heavy atom. The number of anilines is 3. The van der Waals surface area contributed by atoms with Gasteiger partial charge in [-0.15, -0.1) is 0 Å². The van der Waals surface area contributed by atoms with E-state index in [1.54, 1.807) is 20.3 Å². The second kappa shape index (κ2) is 12.4. The van der Waals surface area contributed by atoms with Gasteiger partial charge in [0, 0.05) is 60.9 Å². The topological polar surface area (TPSA) is 80.9 Å². The van der Waals surface area contributed by atoms with E-state index in [2.05, 4.69) is 40.2 Å². The van der Waals surface area contributed by atoms with Crippen LogP contribution in [0.15, 0.2) is 161 Å². The molecule has 0 saturated carbocycles. The zero-order valence-corrected chi connectivity index (χ0v) is 30.9. The number of nitrogens with zero attached hydrogens (tertiary/aromatic N) is 1. The highest BCUT2D eigenvalue weighted by Crippen LogP contribution is 2.53. The third-order valence-corrected chi connectivity index (χ3v) is 11.3. The van der Waals surface area contributed by atoms with Crippen LogP contribution in [0.1, 0.15) is 0 Å². The van der Waals surface area contributed by atoms with Gasteiger partial charge in [0.05, 0.1) is 31.3 Å². The Kier molecular flexibility index (Phi) is 7.15. The zero-order chi connectivity index (χ0) is 38.4. The van der Waals surface area contributed by atoms with Gasteiger partial charge in [-0.2, -0.15) is 0 Å². The number of hydrogen-bond acceptors (Lipinski definition) is 6. The van der Waals surface area contributed by atoms with Crippen LogP contribution in [0.25, 0.3) is 76.0 Å². The molecule has 1 aromatic heterocycles. The number of ether oxygens (including phenoxy) is 3. The summed E-state index contributed by atoms with van der Waals surface area (Å²) < 4.78 is 17.5. The van der Waals surface area contributed by atoms with Crippen LogP contribution in [0.5, 0.6) is 23.0 Å². The maximum absolute atomic E-state index is 14.8. The number of benzene rings is 7. The molecule has 0 atom stereocenters. The normalized spacial score (nSPS) is 12.3. The van der Waals surface area contributed by atoms with Gasteiger partial charge in [0.1, 0.15) is 11.5 Å². The minimum absolute atomic E-state index is 0.123. The summed E-state index contributed by atoms with van der Waals surface area (Å²) in [5.41, 5.74) is 5.96. The molecule has 1 N–H and O–H groups in total. The summed E-state index contributed by atoms with van der Waals surface area (Å²) in [5, 5.41) is 7.48. The van der Waals surface area contributed by atoms with Crippen LogP contribution >= 0.6 is 0 Å². The molecule has 0 radical (unpaired) electrons. The Labute approximate surface area is 325 Å². The highest BCUT2D eigenvalue weighted by Gasteiger charge is 2.28. The molecule has 272 valence electrons. The highest BCUT2D eigenvalue weighted by molar-refractivity contribution is 6.11. The van der Waals surface area contributed by atoms with E-state index >= 15 is 0 Å². The number of rotatable bonds is 4. The molecule has 0 saturated heterocycles. The second-order valence-electron chi connectivity index (χ2n) is 14.4. The predicted octanol–water partition coefficient (Wildman–Crippen LogP) is 11.9. The number of H-pyrrole nitrogens is 1. The van der Waals surface area contributed by atoms with E-state index in [4.69, 9.17) is 14.2 Å². The van der Waals surface area contributed by atoms with Crippen LogP contribution < -0.4 is 30.0 Å². The van der Waals surface area contributed by atoms with Gasteiger partial charge in [0.25, 0.3) is 0 Å². The molecule has 0 aliphatic carbocycles. The molecule has 0 unspecified atom stereocenters. The number of fused-ring (bicyclic) bond motifs is 9. The average Bonchev–Trinajstić information content (AvgIpc) is 3.48. The van der Waals surface area contributed by atoms with Crippen molar-refractivity contribution in [2.24, 2.45) is 0 Å². The van der Waals surface area contributed by atoms with E-state index in [1.807, 2.05) is 115 Å². The van der Waals surface area contributed by atoms with Crippen LogP contribution in [0.3, 0.4) is 0 Å². The van der Waals surface area contributed by atoms with Crippen LogP contribution in [-0.4, -0.2) is 19.2 Å². The van der Waals surface area contributed by atoms with E-state index in [0.717, 1.165) is 71.5 Å².